The number of rotatable bonds is 74. The maximum Gasteiger partial charge on any atom is 0.472 e. The van der Waals surface area contributed by atoms with Crippen molar-refractivity contribution >= 4 is 39.5 Å². The second-order valence-corrected chi connectivity index (χ2v) is 32.3. The predicted octanol–water partition coefficient (Wildman–Crippen LogP) is 22.4. The van der Waals surface area contributed by atoms with Crippen LogP contribution in [-0.4, -0.2) is 96.7 Å². The van der Waals surface area contributed by atoms with E-state index in [1.165, 1.54) is 186 Å². The molecule has 0 spiro atoms. The highest BCUT2D eigenvalue weighted by Crippen LogP contribution is 2.45. The van der Waals surface area contributed by atoms with Gasteiger partial charge in [0.25, 0.3) is 0 Å². The fourth-order valence-electron chi connectivity index (χ4n) is 11.7. The van der Waals surface area contributed by atoms with E-state index in [2.05, 4.69) is 55.4 Å². The van der Waals surface area contributed by atoms with Crippen molar-refractivity contribution in [3.8, 4) is 0 Å². The number of unbranched alkanes of at least 4 members (excludes halogenated alkanes) is 39. The first-order chi connectivity index (χ1) is 46.1. The monoisotopic (exact) mass is 1410 g/mol. The molecule has 570 valence electrons. The number of phosphoric ester groups is 2. The van der Waals surface area contributed by atoms with E-state index in [4.69, 9.17) is 37.0 Å². The van der Waals surface area contributed by atoms with E-state index in [1.54, 1.807) is 0 Å². The first-order valence-corrected chi connectivity index (χ1v) is 42.7. The number of aliphatic hydroxyl groups is 1. The van der Waals surface area contributed by atoms with Gasteiger partial charge in [-0.2, -0.15) is 0 Å². The highest BCUT2D eigenvalue weighted by molar-refractivity contribution is 7.47. The van der Waals surface area contributed by atoms with E-state index in [-0.39, 0.29) is 25.7 Å². The first-order valence-electron chi connectivity index (χ1n) is 39.7. The van der Waals surface area contributed by atoms with Crippen molar-refractivity contribution in [1.82, 2.24) is 0 Å². The summed E-state index contributed by atoms with van der Waals surface area (Å²) in [6, 6.07) is 0. The average molecular weight is 1410 g/mol. The van der Waals surface area contributed by atoms with Gasteiger partial charge < -0.3 is 33.8 Å². The Kier molecular flexibility index (Phi) is 65.0. The molecule has 0 aromatic carbocycles. The minimum atomic E-state index is -4.96. The van der Waals surface area contributed by atoms with Gasteiger partial charge in [-0.25, -0.2) is 9.13 Å². The zero-order chi connectivity index (χ0) is 71.0. The topological polar surface area (TPSA) is 237 Å². The predicted molar refractivity (Wildman–Crippen MR) is 391 cm³/mol. The third-order valence-electron chi connectivity index (χ3n) is 18.2. The van der Waals surface area contributed by atoms with E-state index < -0.39 is 97.5 Å². The lowest BCUT2D eigenvalue weighted by molar-refractivity contribution is -0.161. The summed E-state index contributed by atoms with van der Waals surface area (Å²) in [6.45, 7) is 14.2. The molecule has 0 aliphatic carbocycles. The van der Waals surface area contributed by atoms with Gasteiger partial charge in [-0.15, -0.1) is 0 Å². The maximum atomic E-state index is 13.1. The van der Waals surface area contributed by atoms with E-state index in [0.717, 1.165) is 114 Å². The van der Waals surface area contributed by atoms with Crippen molar-refractivity contribution in [3.63, 3.8) is 0 Å². The van der Waals surface area contributed by atoms with Gasteiger partial charge in [0.2, 0.25) is 0 Å². The standard InChI is InChI=1S/C77H150O17P2/c1-9-70(8)56-48-40-32-23-20-21-25-34-43-51-59-76(81)93-72(63-87-74(79)57-49-41-33-24-19-17-15-13-11-10-12-14-16-18-22-29-37-45-53-67(2)3)65-91-95(83,84)89-61-71(78)62-90-96(85,86)92-66-73(64-88-75(80)58-50-42-36-28-31-39-47-55-69(6)7)94-77(82)60-52-44-35-27-26-30-38-46-54-68(4)5/h67-73,78H,9-66H2,1-8H3,(H,83,84)(H,85,86)/t70?,71?,72-,73-/m1/s1. The quantitative estimate of drug-likeness (QED) is 0.0222. The van der Waals surface area contributed by atoms with E-state index in [1.807, 2.05) is 0 Å². The summed E-state index contributed by atoms with van der Waals surface area (Å²) >= 11 is 0. The van der Waals surface area contributed by atoms with Crippen molar-refractivity contribution in [1.29, 1.82) is 0 Å². The molecule has 4 unspecified atom stereocenters. The van der Waals surface area contributed by atoms with Crippen LogP contribution < -0.4 is 0 Å². The molecule has 0 amide bonds. The van der Waals surface area contributed by atoms with Crippen molar-refractivity contribution in [2.45, 2.75) is 408 Å². The van der Waals surface area contributed by atoms with Gasteiger partial charge in [0.15, 0.2) is 12.2 Å². The average Bonchev–Trinajstić information content (AvgIpc) is 1.57. The number of aliphatic hydroxyl groups excluding tert-OH is 1. The molecule has 0 aromatic rings. The Balaban J connectivity index is 5.19. The highest BCUT2D eigenvalue weighted by Gasteiger charge is 2.30. The number of phosphoric acid groups is 2. The van der Waals surface area contributed by atoms with Crippen molar-refractivity contribution < 1.29 is 80.2 Å². The van der Waals surface area contributed by atoms with Crippen LogP contribution in [0.25, 0.3) is 0 Å². The second kappa shape index (κ2) is 66.3. The molecule has 19 heteroatoms. The Labute approximate surface area is 588 Å². The minimum Gasteiger partial charge on any atom is -0.462 e. The molecular formula is C77H150O17P2. The van der Waals surface area contributed by atoms with Gasteiger partial charge in [0.1, 0.15) is 19.3 Å². The second-order valence-electron chi connectivity index (χ2n) is 29.4. The van der Waals surface area contributed by atoms with Crippen LogP contribution >= 0.6 is 15.6 Å². The Bertz CT molecular complexity index is 1890. The molecule has 0 heterocycles. The smallest absolute Gasteiger partial charge is 0.462 e. The molecule has 0 aromatic heterocycles. The number of carbonyl (C=O) groups is 4. The summed E-state index contributed by atoms with van der Waals surface area (Å²) < 4.78 is 68.5. The largest absolute Gasteiger partial charge is 0.472 e. The molecule has 3 N–H and O–H groups in total. The Morgan fingerprint density at radius 2 is 0.500 bits per heavy atom. The van der Waals surface area contributed by atoms with Crippen molar-refractivity contribution in [2.75, 3.05) is 39.6 Å². The number of carbonyl (C=O) groups excluding carboxylic acids is 4. The molecule has 6 atom stereocenters. The molecule has 0 saturated carbocycles. The third-order valence-corrected chi connectivity index (χ3v) is 20.1. The molecule has 0 rings (SSSR count). The van der Waals surface area contributed by atoms with Crippen LogP contribution in [0.5, 0.6) is 0 Å². The SMILES string of the molecule is CCC(C)CCCCCCCCCCCCC(=O)O[C@H](COC(=O)CCCCCCCCCCCCCCCCCCCCC(C)C)COP(=O)(O)OCC(O)COP(=O)(O)OC[C@@H](COC(=O)CCCCCCCCCC(C)C)OC(=O)CCCCCCCCCCC(C)C. The van der Waals surface area contributed by atoms with Gasteiger partial charge in [-0.1, -0.05) is 338 Å². The van der Waals surface area contributed by atoms with E-state index in [0.29, 0.717) is 31.6 Å². The summed E-state index contributed by atoms with van der Waals surface area (Å²) in [5.41, 5.74) is 0. The number of hydrogen-bond donors (Lipinski definition) is 3. The normalized spacial score (nSPS) is 14.4. The number of ether oxygens (including phenoxy) is 4. The maximum absolute atomic E-state index is 13.1. The van der Waals surface area contributed by atoms with Crippen LogP contribution in [0.2, 0.25) is 0 Å². The molecule has 0 saturated heterocycles. The van der Waals surface area contributed by atoms with Gasteiger partial charge in [0.05, 0.1) is 26.4 Å². The van der Waals surface area contributed by atoms with Gasteiger partial charge in [-0.3, -0.25) is 37.3 Å². The zero-order valence-electron chi connectivity index (χ0n) is 63.0. The van der Waals surface area contributed by atoms with Crippen LogP contribution in [-0.2, 0) is 65.4 Å². The van der Waals surface area contributed by atoms with Gasteiger partial charge in [-0.05, 0) is 49.4 Å². The lowest BCUT2D eigenvalue weighted by Crippen LogP contribution is -2.30. The van der Waals surface area contributed by atoms with Crippen LogP contribution in [0.1, 0.15) is 389 Å². The van der Waals surface area contributed by atoms with Crippen LogP contribution in [0.15, 0.2) is 0 Å². The van der Waals surface area contributed by atoms with Gasteiger partial charge >= 0.3 is 39.5 Å². The lowest BCUT2D eigenvalue weighted by Gasteiger charge is -2.21. The lowest BCUT2D eigenvalue weighted by atomic mass is 9.99. The molecular weight excluding hydrogens is 1260 g/mol. The van der Waals surface area contributed by atoms with Crippen LogP contribution in [0, 0.1) is 23.7 Å². The molecule has 0 radical (unpaired) electrons. The summed E-state index contributed by atoms with van der Waals surface area (Å²) in [5, 5.41) is 10.6. The summed E-state index contributed by atoms with van der Waals surface area (Å²) in [4.78, 5) is 72.8. The Hall–Kier alpha value is -1.94. The molecule has 0 aliphatic heterocycles. The summed E-state index contributed by atoms with van der Waals surface area (Å²) in [5.74, 6) is 0.926. The molecule has 0 aliphatic rings. The van der Waals surface area contributed by atoms with E-state index >= 15 is 0 Å². The van der Waals surface area contributed by atoms with Crippen LogP contribution in [0.4, 0.5) is 0 Å². The van der Waals surface area contributed by atoms with Crippen molar-refractivity contribution in [3.05, 3.63) is 0 Å². The zero-order valence-corrected chi connectivity index (χ0v) is 64.8. The number of hydrogen-bond acceptors (Lipinski definition) is 15. The van der Waals surface area contributed by atoms with Crippen molar-refractivity contribution in [2.24, 2.45) is 23.7 Å². The van der Waals surface area contributed by atoms with E-state index in [9.17, 15) is 43.2 Å². The molecule has 17 nitrogen and oxygen atoms in total. The van der Waals surface area contributed by atoms with Crippen LogP contribution in [0.3, 0.4) is 0 Å². The Morgan fingerprint density at radius 3 is 0.740 bits per heavy atom. The minimum absolute atomic E-state index is 0.103. The molecule has 0 bridgehead atoms. The highest BCUT2D eigenvalue weighted by atomic mass is 31.2. The Morgan fingerprint density at radius 1 is 0.292 bits per heavy atom. The third kappa shape index (κ3) is 69.2. The molecule has 0 fully saturated rings. The summed E-state index contributed by atoms with van der Waals surface area (Å²) in [6.07, 6.45) is 51.5. The fourth-order valence-corrected chi connectivity index (χ4v) is 13.3. The first kappa shape index (κ1) is 94.1. The fraction of sp³-hybridized carbons (Fsp3) is 0.948. The molecule has 96 heavy (non-hydrogen) atoms. The van der Waals surface area contributed by atoms with Gasteiger partial charge in [0, 0.05) is 25.7 Å². The summed E-state index contributed by atoms with van der Waals surface area (Å²) in [7, 11) is -9.91. The number of esters is 4.